The summed E-state index contributed by atoms with van der Waals surface area (Å²) in [5.74, 6) is -1.34. The van der Waals surface area contributed by atoms with Crippen LogP contribution in [0.2, 0.25) is 0 Å². The van der Waals surface area contributed by atoms with Crippen molar-refractivity contribution in [2.45, 2.75) is 21.7 Å². The number of hydrogen-bond donors (Lipinski definition) is 1. The third-order valence-electron chi connectivity index (χ3n) is 3.53. The summed E-state index contributed by atoms with van der Waals surface area (Å²) in [4.78, 5) is 10.5. The molecule has 0 aliphatic carbocycles. The van der Waals surface area contributed by atoms with Crippen molar-refractivity contribution in [1.29, 1.82) is 0 Å². The summed E-state index contributed by atoms with van der Waals surface area (Å²) < 4.78 is 75.0. The van der Waals surface area contributed by atoms with E-state index >= 15 is 0 Å². The van der Waals surface area contributed by atoms with E-state index in [9.17, 15) is 31.5 Å². The second-order valence-corrected chi connectivity index (χ2v) is 8.33. The molecule has 0 aliphatic rings. The maximum absolute atomic E-state index is 12.8. The first-order valence-corrected chi connectivity index (χ1v) is 10.1. The van der Waals surface area contributed by atoms with Gasteiger partial charge < -0.3 is 19.4 Å². The maximum Gasteiger partial charge on any atom is 0.446 e. The smallest absolute Gasteiger partial charge is 0.446 e. The van der Waals surface area contributed by atoms with Gasteiger partial charge in [0.2, 0.25) is 0 Å². The van der Waals surface area contributed by atoms with E-state index in [2.05, 4.69) is 4.72 Å². The third kappa shape index (κ3) is 6.19. The van der Waals surface area contributed by atoms with Crippen molar-refractivity contribution in [2.75, 3.05) is 18.9 Å². The lowest BCUT2D eigenvalue weighted by atomic mass is 10.1. The molecule has 1 N–H and O–H groups in total. The number of nitrogens with one attached hydrogen (secondary N) is 1. The van der Waals surface area contributed by atoms with Crippen molar-refractivity contribution < 1.29 is 41.0 Å². The average Bonchev–Trinajstić information content (AvgIpc) is 2.61. The molecule has 0 aromatic heterocycles. The van der Waals surface area contributed by atoms with Gasteiger partial charge in [-0.05, 0) is 47.7 Å². The fourth-order valence-electron chi connectivity index (χ4n) is 2.38. The first-order chi connectivity index (χ1) is 13.4. The normalized spacial score (nSPS) is 11.8. The predicted octanol–water partition coefficient (Wildman–Crippen LogP) is 2.41. The fourth-order valence-corrected chi connectivity index (χ4v) is 4.22. The number of anilines is 1. The fraction of sp³-hybridized carbons (Fsp3) is 0.235. The summed E-state index contributed by atoms with van der Waals surface area (Å²) in [6, 6.07) is 6.81. The molecule has 0 heterocycles. The zero-order valence-corrected chi connectivity index (χ0v) is 16.7. The summed E-state index contributed by atoms with van der Waals surface area (Å²) in [7, 11) is -1.73. The number of ether oxygens (including phenoxy) is 2. The highest BCUT2D eigenvalue weighted by Gasteiger charge is 2.29. The van der Waals surface area contributed by atoms with Crippen LogP contribution in [0, 0.1) is 0 Å². The minimum absolute atomic E-state index is 0.00860. The number of sulfonamides is 1. The molecule has 0 aliphatic heterocycles. The van der Waals surface area contributed by atoms with Crippen LogP contribution in [0.3, 0.4) is 0 Å². The van der Waals surface area contributed by atoms with Gasteiger partial charge in [-0.15, -0.1) is 0 Å². The summed E-state index contributed by atoms with van der Waals surface area (Å²) in [6.07, 6.45) is -0.711. The van der Waals surface area contributed by atoms with Crippen LogP contribution in [-0.2, 0) is 21.2 Å². The van der Waals surface area contributed by atoms with Gasteiger partial charge in [0.05, 0.1) is 19.1 Å². The van der Waals surface area contributed by atoms with E-state index in [0.717, 1.165) is 30.3 Å². The largest absolute Gasteiger partial charge is 0.550 e. The molecule has 0 atom stereocenters. The van der Waals surface area contributed by atoms with Gasteiger partial charge in [0.25, 0.3) is 10.0 Å². The lowest BCUT2D eigenvalue weighted by molar-refractivity contribution is -0.304. The Morgan fingerprint density at radius 3 is 2.14 bits per heavy atom. The van der Waals surface area contributed by atoms with Gasteiger partial charge in [0.15, 0.2) is 11.5 Å². The first-order valence-electron chi connectivity index (χ1n) is 7.78. The van der Waals surface area contributed by atoms with Crippen LogP contribution in [-0.4, -0.2) is 34.1 Å². The number of alkyl halides is 3. The van der Waals surface area contributed by atoms with Crippen molar-refractivity contribution >= 4 is 33.4 Å². The summed E-state index contributed by atoms with van der Waals surface area (Å²) in [6.45, 7) is 0. The van der Waals surface area contributed by atoms with Crippen LogP contribution in [0.4, 0.5) is 18.9 Å². The van der Waals surface area contributed by atoms with Crippen LogP contribution in [0.25, 0.3) is 0 Å². The van der Waals surface area contributed by atoms with Crippen molar-refractivity contribution in [2.24, 2.45) is 0 Å². The molecule has 0 saturated carbocycles. The van der Waals surface area contributed by atoms with E-state index < -0.39 is 32.8 Å². The standard InChI is InChI=1S/C17H16F3NO6S2/c1-26-13-7-10(8-16(22)23)15(9-14(13)27-2)29(24,25)21-11-3-5-12(6-4-11)28-17(18,19)20/h3-7,9,21H,8H2,1-2H3,(H,22,23)/p-1. The van der Waals surface area contributed by atoms with Crippen LogP contribution in [0.1, 0.15) is 5.56 Å². The molecular weight excluding hydrogens is 435 g/mol. The minimum Gasteiger partial charge on any atom is -0.550 e. The number of thioether (sulfide) groups is 1. The highest BCUT2D eigenvalue weighted by Crippen LogP contribution is 2.37. The zero-order valence-electron chi connectivity index (χ0n) is 15.1. The zero-order chi connectivity index (χ0) is 21.8. The molecule has 0 unspecified atom stereocenters. The molecule has 0 amide bonds. The van der Waals surface area contributed by atoms with Gasteiger partial charge in [-0.25, -0.2) is 8.42 Å². The van der Waals surface area contributed by atoms with Crippen molar-refractivity contribution in [1.82, 2.24) is 0 Å². The molecular formula is C17H15F3NO6S2-. The number of aliphatic carboxylic acids is 1. The van der Waals surface area contributed by atoms with Crippen LogP contribution in [0.5, 0.6) is 11.5 Å². The third-order valence-corrected chi connectivity index (χ3v) is 5.73. The predicted molar refractivity (Wildman–Crippen MR) is 97.4 cm³/mol. The molecule has 12 heteroatoms. The summed E-state index contributed by atoms with van der Waals surface area (Å²) in [5.41, 5.74) is -4.59. The van der Waals surface area contributed by atoms with Gasteiger partial charge in [0, 0.05) is 29.0 Å². The highest BCUT2D eigenvalue weighted by atomic mass is 32.2. The molecule has 158 valence electrons. The molecule has 2 rings (SSSR count). The topological polar surface area (TPSA) is 105 Å². The summed E-state index contributed by atoms with van der Waals surface area (Å²) >= 11 is -0.338. The van der Waals surface area contributed by atoms with Crippen molar-refractivity contribution in [3.63, 3.8) is 0 Å². The number of carboxylic acid groups (broad SMARTS) is 1. The number of rotatable bonds is 8. The van der Waals surface area contributed by atoms with Gasteiger partial charge in [-0.1, -0.05) is 0 Å². The van der Waals surface area contributed by atoms with E-state index in [1.54, 1.807) is 0 Å². The number of benzene rings is 2. The minimum atomic E-state index is -4.47. The Morgan fingerprint density at radius 1 is 1.10 bits per heavy atom. The second-order valence-electron chi connectivity index (χ2n) is 5.54. The second kappa shape index (κ2) is 8.82. The van der Waals surface area contributed by atoms with Crippen molar-refractivity contribution in [3.8, 4) is 11.5 Å². The monoisotopic (exact) mass is 450 g/mol. The number of methoxy groups -OCH3 is 2. The quantitative estimate of drug-likeness (QED) is 0.616. The number of carbonyl (C=O) groups is 1. The van der Waals surface area contributed by atoms with Crippen LogP contribution >= 0.6 is 11.8 Å². The molecule has 0 fully saturated rings. The SMILES string of the molecule is COc1cc(CC(=O)[O-])c(S(=O)(=O)Nc2ccc(SC(F)(F)F)cc2)cc1OC. The highest BCUT2D eigenvalue weighted by molar-refractivity contribution is 8.00. The number of carboxylic acids is 1. The Kier molecular flexibility index (Phi) is 6.90. The Bertz CT molecular complexity index is 991. The Balaban J connectivity index is 2.40. The molecule has 2 aromatic rings. The van der Waals surface area contributed by atoms with Crippen LogP contribution < -0.4 is 19.3 Å². The van der Waals surface area contributed by atoms with Crippen LogP contribution in [0.15, 0.2) is 46.2 Å². The Hall–Kier alpha value is -2.60. The number of hydrogen-bond acceptors (Lipinski definition) is 7. The maximum atomic E-state index is 12.8. The first kappa shape index (κ1) is 22.7. The molecule has 0 saturated heterocycles. The molecule has 0 spiro atoms. The van der Waals surface area contributed by atoms with E-state index in [1.165, 1.54) is 20.3 Å². The molecule has 0 radical (unpaired) electrons. The lowest BCUT2D eigenvalue weighted by Crippen LogP contribution is -2.26. The Labute approximate surface area is 168 Å². The number of carbonyl (C=O) groups excluding carboxylic acids is 1. The molecule has 0 bridgehead atoms. The molecule has 29 heavy (non-hydrogen) atoms. The van der Waals surface area contributed by atoms with Crippen molar-refractivity contribution in [3.05, 3.63) is 42.0 Å². The average molecular weight is 450 g/mol. The van der Waals surface area contributed by atoms with E-state index in [1.807, 2.05) is 0 Å². The van der Waals surface area contributed by atoms with Gasteiger partial charge in [-0.2, -0.15) is 13.2 Å². The number of halogens is 3. The molecule has 2 aromatic carbocycles. The van der Waals surface area contributed by atoms with E-state index in [-0.39, 0.29) is 39.4 Å². The Morgan fingerprint density at radius 2 is 1.66 bits per heavy atom. The molecule has 7 nitrogen and oxygen atoms in total. The van der Waals surface area contributed by atoms with Gasteiger partial charge in [-0.3, -0.25) is 4.72 Å². The lowest BCUT2D eigenvalue weighted by Gasteiger charge is -2.16. The summed E-state index contributed by atoms with van der Waals surface area (Å²) in [5, 5.41) is 11.0. The van der Waals surface area contributed by atoms with Gasteiger partial charge in [0.1, 0.15) is 0 Å². The van der Waals surface area contributed by atoms with E-state index in [4.69, 9.17) is 9.47 Å². The van der Waals surface area contributed by atoms with E-state index in [0.29, 0.717) is 0 Å². The van der Waals surface area contributed by atoms with Gasteiger partial charge >= 0.3 is 5.51 Å².